The van der Waals surface area contributed by atoms with E-state index in [9.17, 15) is 4.79 Å². The van der Waals surface area contributed by atoms with Crippen LogP contribution < -0.4 is 0 Å². The Kier molecular flexibility index (Phi) is 4.93. The third-order valence-electron chi connectivity index (χ3n) is 2.53. The van der Waals surface area contributed by atoms with E-state index >= 15 is 0 Å². The van der Waals surface area contributed by atoms with E-state index in [1.54, 1.807) is 12.3 Å². The van der Waals surface area contributed by atoms with Crippen molar-refractivity contribution in [2.24, 2.45) is 0 Å². The van der Waals surface area contributed by atoms with Gasteiger partial charge in [0.25, 0.3) is 0 Å². The molecular formula is C13H12Cl2N2OS. The van der Waals surface area contributed by atoms with E-state index in [1.807, 2.05) is 30.1 Å². The second-order valence-electron chi connectivity index (χ2n) is 4.15. The molecule has 6 heteroatoms. The van der Waals surface area contributed by atoms with Crippen LogP contribution in [0.5, 0.6) is 0 Å². The lowest BCUT2D eigenvalue weighted by Crippen LogP contribution is -2.25. The van der Waals surface area contributed by atoms with Crippen molar-refractivity contribution in [3.05, 3.63) is 50.4 Å². The van der Waals surface area contributed by atoms with Gasteiger partial charge in [-0.05, 0) is 25.2 Å². The third kappa shape index (κ3) is 4.01. The summed E-state index contributed by atoms with van der Waals surface area (Å²) in [7, 11) is 1.87. The summed E-state index contributed by atoms with van der Waals surface area (Å²) >= 11 is 13.0. The number of carbonyl (C=O) groups is 1. The van der Waals surface area contributed by atoms with Crippen LogP contribution in [0.2, 0.25) is 8.67 Å². The van der Waals surface area contributed by atoms with Gasteiger partial charge in [0.2, 0.25) is 0 Å². The first-order valence-electron chi connectivity index (χ1n) is 5.62. The van der Waals surface area contributed by atoms with Gasteiger partial charge in [-0.1, -0.05) is 29.3 Å². The second kappa shape index (κ2) is 6.48. The first kappa shape index (κ1) is 14.5. The maximum atomic E-state index is 12.1. The van der Waals surface area contributed by atoms with Crippen LogP contribution in [0.1, 0.15) is 16.1 Å². The Bertz CT molecular complexity index is 571. The molecule has 2 heterocycles. The molecule has 0 fully saturated rings. The van der Waals surface area contributed by atoms with Crippen molar-refractivity contribution in [1.82, 2.24) is 9.88 Å². The van der Waals surface area contributed by atoms with E-state index in [-0.39, 0.29) is 12.3 Å². The van der Waals surface area contributed by atoms with Crippen molar-refractivity contribution in [2.45, 2.75) is 6.54 Å². The van der Waals surface area contributed by atoms with Gasteiger partial charge in [-0.25, -0.2) is 0 Å². The predicted molar refractivity (Wildman–Crippen MR) is 79.2 cm³/mol. The van der Waals surface area contributed by atoms with Crippen molar-refractivity contribution < 1.29 is 4.79 Å². The summed E-state index contributed by atoms with van der Waals surface area (Å²) in [4.78, 5) is 18.2. The number of hydrogen-bond donors (Lipinski definition) is 0. The highest BCUT2D eigenvalue weighted by atomic mass is 35.5. The highest BCUT2D eigenvalue weighted by Crippen LogP contribution is 2.31. The molecule has 0 amide bonds. The van der Waals surface area contributed by atoms with Crippen LogP contribution in [-0.4, -0.2) is 29.3 Å². The minimum Gasteiger partial charge on any atom is -0.293 e. The number of thiophene rings is 1. The number of rotatable bonds is 5. The molecule has 0 aromatic carbocycles. The molecule has 0 radical (unpaired) electrons. The molecule has 2 aromatic heterocycles. The van der Waals surface area contributed by atoms with Crippen molar-refractivity contribution in [2.75, 3.05) is 13.6 Å². The fourth-order valence-corrected chi connectivity index (χ4v) is 3.18. The van der Waals surface area contributed by atoms with E-state index in [1.165, 1.54) is 11.3 Å². The third-order valence-corrected chi connectivity index (χ3v) is 4.02. The number of halogens is 2. The van der Waals surface area contributed by atoms with Gasteiger partial charge in [0.05, 0.1) is 22.1 Å². The van der Waals surface area contributed by atoms with E-state index in [0.717, 1.165) is 5.69 Å². The van der Waals surface area contributed by atoms with Crippen LogP contribution in [0.3, 0.4) is 0 Å². The lowest BCUT2D eigenvalue weighted by Gasteiger charge is -2.14. The van der Waals surface area contributed by atoms with Crippen LogP contribution in [0.25, 0.3) is 0 Å². The van der Waals surface area contributed by atoms with Gasteiger partial charge in [0.1, 0.15) is 4.34 Å². The maximum absolute atomic E-state index is 12.1. The zero-order valence-corrected chi connectivity index (χ0v) is 12.6. The Morgan fingerprint density at radius 2 is 2.21 bits per heavy atom. The minimum atomic E-state index is -0.0356. The number of hydrogen-bond acceptors (Lipinski definition) is 4. The molecule has 0 spiro atoms. The first-order valence-corrected chi connectivity index (χ1v) is 7.20. The molecule has 19 heavy (non-hydrogen) atoms. The Morgan fingerprint density at radius 3 is 2.79 bits per heavy atom. The van der Waals surface area contributed by atoms with Crippen molar-refractivity contribution in [1.29, 1.82) is 0 Å². The molecule has 0 saturated heterocycles. The van der Waals surface area contributed by atoms with Crippen LogP contribution in [0.4, 0.5) is 0 Å². The molecular weight excluding hydrogens is 303 g/mol. The first-order chi connectivity index (χ1) is 9.06. The van der Waals surface area contributed by atoms with Crippen LogP contribution in [0, 0.1) is 0 Å². The number of Topliss-reactive ketones (excluding diaryl/α,β-unsaturated/α-hetero) is 1. The zero-order valence-electron chi connectivity index (χ0n) is 10.3. The molecule has 3 nitrogen and oxygen atoms in total. The molecule has 0 unspecified atom stereocenters. The standard InChI is InChI=1S/C13H12Cl2N2OS/c1-17(7-9-4-2-3-5-16-9)8-11(18)10-6-12(14)19-13(10)15/h2-6H,7-8H2,1H3. The number of pyridine rings is 1. The van der Waals surface area contributed by atoms with Crippen LogP contribution in [0.15, 0.2) is 30.5 Å². The quantitative estimate of drug-likeness (QED) is 0.788. The molecule has 100 valence electrons. The second-order valence-corrected chi connectivity index (χ2v) is 6.44. The summed E-state index contributed by atoms with van der Waals surface area (Å²) in [5, 5.41) is 0. The lowest BCUT2D eigenvalue weighted by atomic mass is 10.2. The Balaban J connectivity index is 1.97. The van der Waals surface area contributed by atoms with Crippen molar-refractivity contribution >= 4 is 40.3 Å². The molecule has 0 N–H and O–H groups in total. The summed E-state index contributed by atoms with van der Waals surface area (Å²) in [6.45, 7) is 0.894. The van der Waals surface area contributed by atoms with Gasteiger partial charge in [-0.3, -0.25) is 14.7 Å². The molecule has 0 aliphatic carbocycles. The van der Waals surface area contributed by atoms with E-state index < -0.39 is 0 Å². The Labute approximate surface area is 125 Å². The number of ketones is 1. The average molecular weight is 315 g/mol. The minimum absolute atomic E-state index is 0.0356. The van der Waals surface area contributed by atoms with Gasteiger partial charge in [-0.2, -0.15) is 0 Å². The van der Waals surface area contributed by atoms with Gasteiger partial charge in [-0.15, -0.1) is 11.3 Å². The number of aromatic nitrogens is 1. The van der Waals surface area contributed by atoms with Crippen molar-refractivity contribution in [3.8, 4) is 0 Å². The highest BCUT2D eigenvalue weighted by molar-refractivity contribution is 7.20. The Morgan fingerprint density at radius 1 is 1.42 bits per heavy atom. The molecule has 0 aliphatic heterocycles. The van der Waals surface area contributed by atoms with Gasteiger partial charge in [0, 0.05) is 12.7 Å². The summed E-state index contributed by atoms with van der Waals surface area (Å²) < 4.78 is 0.974. The van der Waals surface area contributed by atoms with Gasteiger partial charge >= 0.3 is 0 Å². The SMILES string of the molecule is CN(CC(=O)c1cc(Cl)sc1Cl)Cc1ccccn1. The van der Waals surface area contributed by atoms with Crippen LogP contribution >= 0.6 is 34.5 Å². The van der Waals surface area contributed by atoms with Gasteiger partial charge < -0.3 is 0 Å². The van der Waals surface area contributed by atoms with E-state index in [4.69, 9.17) is 23.2 Å². The van der Waals surface area contributed by atoms with Gasteiger partial charge in [0.15, 0.2) is 5.78 Å². The summed E-state index contributed by atoms with van der Waals surface area (Å²) in [5.74, 6) is -0.0356. The summed E-state index contributed by atoms with van der Waals surface area (Å²) in [5.41, 5.74) is 1.41. The van der Waals surface area contributed by atoms with E-state index in [2.05, 4.69) is 4.98 Å². The zero-order chi connectivity index (χ0) is 13.8. The average Bonchev–Trinajstić information content (AvgIpc) is 2.69. The Hall–Kier alpha value is -0.940. The lowest BCUT2D eigenvalue weighted by molar-refractivity contribution is 0.0943. The van der Waals surface area contributed by atoms with Crippen molar-refractivity contribution in [3.63, 3.8) is 0 Å². The predicted octanol–water partition coefficient (Wildman–Crippen LogP) is 3.76. The number of carbonyl (C=O) groups excluding carboxylic acids is 1. The topological polar surface area (TPSA) is 33.2 Å². The number of likely N-dealkylation sites (N-methyl/N-ethyl adjacent to an activating group) is 1. The van der Waals surface area contributed by atoms with Crippen LogP contribution in [-0.2, 0) is 6.54 Å². The fourth-order valence-electron chi connectivity index (χ4n) is 1.68. The molecule has 0 bridgehead atoms. The fraction of sp³-hybridized carbons (Fsp3) is 0.231. The number of nitrogens with zero attached hydrogens (tertiary/aromatic N) is 2. The normalized spacial score (nSPS) is 10.9. The molecule has 2 aromatic rings. The van der Waals surface area contributed by atoms with E-state index in [0.29, 0.717) is 20.8 Å². The molecule has 0 aliphatic rings. The summed E-state index contributed by atoms with van der Waals surface area (Å²) in [6, 6.07) is 7.33. The maximum Gasteiger partial charge on any atom is 0.179 e. The summed E-state index contributed by atoms with van der Waals surface area (Å²) in [6.07, 6.45) is 1.74. The smallest absolute Gasteiger partial charge is 0.179 e. The molecule has 2 rings (SSSR count). The molecule has 0 saturated carbocycles. The largest absolute Gasteiger partial charge is 0.293 e. The monoisotopic (exact) mass is 314 g/mol. The molecule has 0 atom stereocenters. The highest BCUT2D eigenvalue weighted by Gasteiger charge is 2.16.